The number of pyridine rings is 2. The molecule has 0 bridgehead atoms. The summed E-state index contributed by atoms with van der Waals surface area (Å²) in [5.41, 5.74) is 2.58. The number of benzene rings is 1. The molecule has 0 spiro atoms. The summed E-state index contributed by atoms with van der Waals surface area (Å²) in [5, 5.41) is 2.76. The number of carbonyl (C=O) groups is 1. The van der Waals surface area contributed by atoms with Crippen LogP contribution in [0.3, 0.4) is 0 Å². The van der Waals surface area contributed by atoms with Crippen molar-refractivity contribution in [2.24, 2.45) is 0 Å². The van der Waals surface area contributed by atoms with Crippen molar-refractivity contribution in [2.75, 3.05) is 5.32 Å². The maximum absolute atomic E-state index is 12.2. The molecule has 24 heavy (non-hydrogen) atoms. The maximum atomic E-state index is 12.2. The minimum atomic E-state index is -0.204. The molecule has 120 valence electrons. The van der Waals surface area contributed by atoms with Gasteiger partial charge in [-0.2, -0.15) is 0 Å². The molecule has 0 atom stereocenters. The van der Waals surface area contributed by atoms with E-state index in [1.807, 2.05) is 25.1 Å². The van der Waals surface area contributed by atoms with Gasteiger partial charge < -0.3 is 10.1 Å². The van der Waals surface area contributed by atoms with Crippen LogP contribution in [0, 0.1) is 6.92 Å². The number of rotatable bonds is 5. The molecule has 5 nitrogen and oxygen atoms in total. The first-order valence-electron chi connectivity index (χ1n) is 7.56. The van der Waals surface area contributed by atoms with E-state index in [2.05, 4.69) is 15.3 Å². The van der Waals surface area contributed by atoms with Crippen LogP contribution in [0.1, 0.15) is 21.5 Å². The molecule has 0 saturated carbocycles. The van der Waals surface area contributed by atoms with E-state index in [0.29, 0.717) is 23.7 Å². The zero-order valence-corrected chi connectivity index (χ0v) is 13.3. The number of aryl methyl sites for hydroxylation is 1. The average molecular weight is 319 g/mol. The Labute approximate surface area is 140 Å². The van der Waals surface area contributed by atoms with Crippen molar-refractivity contribution in [2.45, 2.75) is 13.5 Å². The number of nitrogens with zero attached hydrogens (tertiary/aromatic N) is 2. The summed E-state index contributed by atoms with van der Waals surface area (Å²) >= 11 is 0. The second-order valence-corrected chi connectivity index (χ2v) is 5.35. The van der Waals surface area contributed by atoms with Crippen LogP contribution in [0.2, 0.25) is 0 Å². The Kier molecular flexibility index (Phi) is 4.81. The number of carbonyl (C=O) groups excluding carboxylic acids is 1. The van der Waals surface area contributed by atoms with Gasteiger partial charge in [0.05, 0.1) is 0 Å². The lowest BCUT2D eigenvalue weighted by molar-refractivity contribution is 0.102. The third kappa shape index (κ3) is 4.16. The second kappa shape index (κ2) is 7.37. The summed E-state index contributed by atoms with van der Waals surface area (Å²) in [5.74, 6) is 1.02. The zero-order chi connectivity index (χ0) is 16.8. The van der Waals surface area contributed by atoms with Crippen molar-refractivity contribution < 1.29 is 9.53 Å². The monoisotopic (exact) mass is 319 g/mol. The van der Waals surface area contributed by atoms with Gasteiger partial charge in [-0.05, 0) is 48.9 Å². The predicted molar refractivity (Wildman–Crippen MR) is 91.9 cm³/mol. The topological polar surface area (TPSA) is 64.1 Å². The van der Waals surface area contributed by atoms with Crippen molar-refractivity contribution in [1.29, 1.82) is 0 Å². The highest BCUT2D eigenvalue weighted by molar-refractivity contribution is 6.03. The summed E-state index contributed by atoms with van der Waals surface area (Å²) in [4.78, 5) is 20.4. The highest BCUT2D eigenvalue weighted by atomic mass is 16.5. The molecule has 0 fully saturated rings. The molecule has 3 aromatic rings. The van der Waals surface area contributed by atoms with Gasteiger partial charge in [-0.3, -0.25) is 9.78 Å². The molecule has 1 aromatic carbocycles. The van der Waals surface area contributed by atoms with Crippen molar-refractivity contribution in [3.8, 4) is 5.75 Å². The van der Waals surface area contributed by atoms with Crippen LogP contribution in [0.15, 0.2) is 67.1 Å². The number of amides is 1. The Balaban J connectivity index is 1.59. The Morgan fingerprint density at radius 2 is 1.92 bits per heavy atom. The largest absolute Gasteiger partial charge is 0.489 e. The van der Waals surface area contributed by atoms with Crippen molar-refractivity contribution in [1.82, 2.24) is 9.97 Å². The molecule has 3 rings (SSSR count). The molecule has 5 heteroatoms. The van der Waals surface area contributed by atoms with E-state index in [0.717, 1.165) is 11.1 Å². The molecule has 1 N–H and O–H groups in total. The van der Waals surface area contributed by atoms with E-state index in [1.54, 1.807) is 48.9 Å². The van der Waals surface area contributed by atoms with Crippen LogP contribution in [0.25, 0.3) is 0 Å². The maximum Gasteiger partial charge on any atom is 0.256 e. The van der Waals surface area contributed by atoms with Crippen LogP contribution in [0.4, 0.5) is 5.82 Å². The quantitative estimate of drug-likeness (QED) is 0.780. The van der Waals surface area contributed by atoms with Crippen LogP contribution in [0.5, 0.6) is 5.75 Å². The van der Waals surface area contributed by atoms with E-state index in [9.17, 15) is 4.79 Å². The molecule has 1 amide bonds. The fraction of sp³-hybridized carbons (Fsp3) is 0.105. The fourth-order valence-corrected chi connectivity index (χ4v) is 2.08. The average Bonchev–Trinajstić information content (AvgIpc) is 2.63. The lowest BCUT2D eigenvalue weighted by Gasteiger charge is -2.08. The van der Waals surface area contributed by atoms with E-state index >= 15 is 0 Å². The minimum absolute atomic E-state index is 0.204. The van der Waals surface area contributed by atoms with Crippen LogP contribution >= 0.6 is 0 Å². The zero-order valence-electron chi connectivity index (χ0n) is 13.3. The summed E-state index contributed by atoms with van der Waals surface area (Å²) < 4.78 is 5.67. The van der Waals surface area contributed by atoms with Gasteiger partial charge >= 0.3 is 0 Å². The third-order valence-corrected chi connectivity index (χ3v) is 3.40. The van der Waals surface area contributed by atoms with Crippen LogP contribution in [-0.4, -0.2) is 15.9 Å². The van der Waals surface area contributed by atoms with Gasteiger partial charge in [0.2, 0.25) is 0 Å². The molecule has 0 unspecified atom stereocenters. The molecule has 2 aromatic heterocycles. The van der Waals surface area contributed by atoms with E-state index in [-0.39, 0.29) is 5.91 Å². The SMILES string of the molecule is Cc1ccc(NC(=O)c2ccc(OCc3cccnc3)cc2)nc1. The number of aromatic nitrogens is 2. The van der Waals surface area contributed by atoms with Gasteiger partial charge in [0.25, 0.3) is 5.91 Å². The number of ether oxygens (including phenoxy) is 1. The lowest BCUT2D eigenvalue weighted by Crippen LogP contribution is -2.12. The van der Waals surface area contributed by atoms with E-state index < -0.39 is 0 Å². The number of hydrogen-bond acceptors (Lipinski definition) is 4. The highest BCUT2D eigenvalue weighted by Crippen LogP contribution is 2.15. The van der Waals surface area contributed by atoms with Crippen LogP contribution in [-0.2, 0) is 6.61 Å². The van der Waals surface area contributed by atoms with Gasteiger partial charge in [-0.15, -0.1) is 0 Å². The van der Waals surface area contributed by atoms with Crippen molar-refractivity contribution >= 4 is 11.7 Å². The standard InChI is InChI=1S/C19H17N3O2/c1-14-4-9-18(21-11-14)22-19(23)16-5-7-17(8-6-16)24-13-15-3-2-10-20-12-15/h2-12H,13H2,1H3,(H,21,22,23). The summed E-state index contributed by atoms with van der Waals surface area (Å²) in [6.07, 6.45) is 5.20. The van der Waals surface area contributed by atoms with Gasteiger partial charge in [0.1, 0.15) is 18.2 Å². The molecular formula is C19H17N3O2. The molecule has 0 saturated heterocycles. The highest BCUT2D eigenvalue weighted by Gasteiger charge is 2.07. The third-order valence-electron chi connectivity index (χ3n) is 3.40. The molecule has 2 heterocycles. The van der Waals surface area contributed by atoms with Crippen molar-refractivity contribution in [3.05, 3.63) is 83.8 Å². The molecule has 0 aliphatic carbocycles. The van der Waals surface area contributed by atoms with E-state index in [1.165, 1.54) is 0 Å². The summed E-state index contributed by atoms with van der Waals surface area (Å²) in [6, 6.07) is 14.5. The summed E-state index contributed by atoms with van der Waals surface area (Å²) in [7, 11) is 0. The second-order valence-electron chi connectivity index (χ2n) is 5.35. The molecule has 0 aliphatic heterocycles. The molecule has 0 aliphatic rings. The van der Waals surface area contributed by atoms with Gasteiger partial charge in [-0.25, -0.2) is 4.98 Å². The smallest absolute Gasteiger partial charge is 0.256 e. The Morgan fingerprint density at radius 1 is 1.08 bits per heavy atom. The number of anilines is 1. The van der Waals surface area contributed by atoms with Gasteiger partial charge in [0, 0.05) is 29.7 Å². The first kappa shape index (κ1) is 15.7. The predicted octanol–water partition coefficient (Wildman–Crippen LogP) is 3.62. The normalized spacial score (nSPS) is 10.2. The first-order chi connectivity index (χ1) is 11.7. The molecular weight excluding hydrogens is 302 g/mol. The fourth-order valence-electron chi connectivity index (χ4n) is 2.08. The minimum Gasteiger partial charge on any atom is -0.489 e. The molecule has 0 radical (unpaired) electrons. The van der Waals surface area contributed by atoms with Crippen LogP contribution < -0.4 is 10.1 Å². The van der Waals surface area contributed by atoms with E-state index in [4.69, 9.17) is 4.74 Å². The Morgan fingerprint density at radius 3 is 2.58 bits per heavy atom. The first-order valence-corrected chi connectivity index (χ1v) is 7.56. The summed E-state index contributed by atoms with van der Waals surface area (Å²) in [6.45, 7) is 2.38. The number of nitrogens with one attached hydrogen (secondary N) is 1. The van der Waals surface area contributed by atoms with Gasteiger partial charge in [0.15, 0.2) is 0 Å². The Hall–Kier alpha value is -3.21. The number of hydrogen-bond donors (Lipinski definition) is 1. The van der Waals surface area contributed by atoms with Crippen molar-refractivity contribution in [3.63, 3.8) is 0 Å². The lowest BCUT2D eigenvalue weighted by atomic mass is 10.2. The Bertz CT molecular complexity index is 800. The van der Waals surface area contributed by atoms with Gasteiger partial charge in [-0.1, -0.05) is 12.1 Å².